The van der Waals surface area contributed by atoms with Gasteiger partial charge in [-0.05, 0) is 42.0 Å². The van der Waals surface area contributed by atoms with Crippen LogP contribution in [0.5, 0.6) is 17.2 Å². The number of benzene rings is 3. The van der Waals surface area contributed by atoms with Crippen LogP contribution in [0.15, 0.2) is 66.9 Å². The molecule has 2 heterocycles. The molecular weight excluding hydrogens is 568 g/mol. The van der Waals surface area contributed by atoms with Crippen LogP contribution >= 0.6 is 0 Å². The zero-order valence-corrected chi connectivity index (χ0v) is 22.4. The van der Waals surface area contributed by atoms with Crippen molar-refractivity contribution >= 4 is 32.6 Å². The molecule has 1 N–H and O–H groups in total. The number of fused-ring (bicyclic) bond motifs is 3. The van der Waals surface area contributed by atoms with Gasteiger partial charge >= 0.3 is 15.6 Å². The molecule has 3 aromatic carbocycles. The van der Waals surface area contributed by atoms with Crippen LogP contribution in [0.2, 0.25) is 0 Å². The summed E-state index contributed by atoms with van der Waals surface area (Å²) >= 11 is 0. The number of anilines is 1. The van der Waals surface area contributed by atoms with Crippen molar-refractivity contribution in [1.29, 1.82) is 0 Å². The Labute approximate surface area is 231 Å². The number of para-hydroxylation sites is 1. The molecule has 0 aliphatic heterocycles. The summed E-state index contributed by atoms with van der Waals surface area (Å²) in [7, 11) is -2.75. The molecule has 9 nitrogen and oxygen atoms in total. The number of nitrogens with zero attached hydrogens (tertiary/aromatic N) is 3. The summed E-state index contributed by atoms with van der Waals surface area (Å²) in [6.45, 7) is 0.260. The Kier molecular flexibility index (Phi) is 7.34. The molecule has 41 heavy (non-hydrogen) atoms. The second-order valence-corrected chi connectivity index (χ2v) is 10.4. The van der Waals surface area contributed by atoms with Crippen molar-refractivity contribution in [1.82, 2.24) is 14.4 Å². The standard InChI is InChI=1S/C27H22F4N4O5S/c1-38-19-10-9-17(23(13-19)39-2)14-32-26-34-24-21(7-4-8-22(24)28)25-33-18(15-35(25)26)11-16-5-3-6-20(12-16)40-41(36,37)27(29,30)31/h3-10,12-13,15H,11,14H2,1-2H3,(H,32,34). The van der Waals surface area contributed by atoms with Crippen molar-refractivity contribution < 1.29 is 39.6 Å². The Morgan fingerprint density at radius 1 is 0.951 bits per heavy atom. The zero-order valence-electron chi connectivity index (χ0n) is 21.6. The first-order chi connectivity index (χ1) is 19.5. The number of rotatable bonds is 9. The topological polar surface area (TPSA) is 104 Å². The fourth-order valence-electron chi connectivity index (χ4n) is 4.22. The van der Waals surface area contributed by atoms with Gasteiger partial charge in [-0.3, -0.25) is 4.40 Å². The number of alkyl halides is 3. The van der Waals surface area contributed by atoms with Gasteiger partial charge in [-0.2, -0.15) is 21.6 Å². The molecule has 2 aromatic heterocycles. The van der Waals surface area contributed by atoms with E-state index in [2.05, 4.69) is 19.5 Å². The van der Waals surface area contributed by atoms with E-state index in [-0.39, 0.29) is 24.4 Å². The predicted octanol–water partition coefficient (Wildman–Crippen LogP) is 5.47. The smallest absolute Gasteiger partial charge is 0.497 e. The Morgan fingerprint density at radius 3 is 2.46 bits per heavy atom. The molecular formula is C27H22F4N4O5S. The van der Waals surface area contributed by atoms with Gasteiger partial charge in [0, 0.05) is 36.2 Å². The second-order valence-electron chi connectivity index (χ2n) is 8.84. The van der Waals surface area contributed by atoms with Gasteiger partial charge in [-0.1, -0.05) is 18.2 Å². The van der Waals surface area contributed by atoms with E-state index in [0.717, 1.165) is 11.6 Å². The van der Waals surface area contributed by atoms with Crippen molar-refractivity contribution in [3.05, 3.63) is 89.5 Å². The van der Waals surface area contributed by atoms with Crippen LogP contribution in [0.3, 0.4) is 0 Å². The number of aromatic nitrogens is 3. The van der Waals surface area contributed by atoms with Gasteiger partial charge in [0.1, 0.15) is 34.2 Å². The molecule has 0 spiro atoms. The molecule has 0 aliphatic carbocycles. The van der Waals surface area contributed by atoms with Crippen LogP contribution in [-0.4, -0.2) is 42.5 Å². The number of imidazole rings is 1. The van der Waals surface area contributed by atoms with Gasteiger partial charge < -0.3 is 19.0 Å². The summed E-state index contributed by atoms with van der Waals surface area (Å²) in [6, 6.07) is 15.0. The normalized spacial score (nSPS) is 12.0. The van der Waals surface area contributed by atoms with Gasteiger partial charge in [0.25, 0.3) is 0 Å². The molecule has 14 heteroatoms. The summed E-state index contributed by atoms with van der Waals surface area (Å²) in [4.78, 5) is 9.11. The SMILES string of the molecule is COc1ccc(CNc2nc3c(F)cccc3c3nc(Cc4cccc(OS(=O)(=O)C(F)(F)F)c4)cn23)c(OC)c1. The highest BCUT2D eigenvalue weighted by Crippen LogP contribution is 2.30. The summed E-state index contributed by atoms with van der Waals surface area (Å²) in [5.41, 5.74) is -3.40. The quantitative estimate of drug-likeness (QED) is 0.137. The molecule has 0 bridgehead atoms. The number of halogens is 4. The first-order valence-corrected chi connectivity index (χ1v) is 13.4. The third-order valence-corrected chi connectivity index (χ3v) is 7.11. The Morgan fingerprint density at radius 2 is 1.73 bits per heavy atom. The monoisotopic (exact) mass is 590 g/mol. The average Bonchev–Trinajstić information content (AvgIpc) is 3.35. The number of methoxy groups -OCH3 is 2. The van der Waals surface area contributed by atoms with E-state index < -0.39 is 27.2 Å². The zero-order chi connectivity index (χ0) is 29.4. The number of nitrogens with one attached hydrogen (secondary N) is 1. The third-order valence-electron chi connectivity index (χ3n) is 6.13. The second kappa shape index (κ2) is 10.8. The van der Waals surface area contributed by atoms with Crippen LogP contribution in [0.1, 0.15) is 16.8 Å². The summed E-state index contributed by atoms with van der Waals surface area (Å²) in [5.74, 6) is 0.427. The van der Waals surface area contributed by atoms with E-state index >= 15 is 0 Å². The van der Waals surface area contributed by atoms with Crippen LogP contribution in [-0.2, 0) is 23.1 Å². The van der Waals surface area contributed by atoms with Gasteiger partial charge in [0.05, 0.1) is 19.9 Å². The van der Waals surface area contributed by atoms with E-state index in [1.165, 1.54) is 31.4 Å². The molecule has 0 saturated heterocycles. The lowest BCUT2D eigenvalue weighted by molar-refractivity contribution is -0.0500. The minimum Gasteiger partial charge on any atom is -0.497 e. The molecule has 0 amide bonds. The van der Waals surface area contributed by atoms with Gasteiger partial charge in [-0.15, -0.1) is 0 Å². The van der Waals surface area contributed by atoms with E-state index in [4.69, 9.17) is 9.47 Å². The van der Waals surface area contributed by atoms with Crippen molar-refractivity contribution in [2.45, 2.75) is 18.5 Å². The lowest BCUT2D eigenvalue weighted by atomic mass is 10.1. The van der Waals surface area contributed by atoms with E-state index in [1.807, 2.05) is 6.07 Å². The highest BCUT2D eigenvalue weighted by atomic mass is 32.2. The maximum atomic E-state index is 14.8. The predicted molar refractivity (Wildman–Crippen MR) is 142 cm³/mol. The van der Waals surface area contributed by atoms with Gasteiger partial charge in [-0.25, -0.2) is 14.4 Å². The van der Waals surface area contributed by atoms with Crippen molar-refractivity contribution in [2.24, 2.45) is 0 Å². The Bertz CT molecular complexity index is 1860. The number of hydrogen-bond donors (Lipinski definition) is 1. The summed E-state index contributed by atoms with van der Waals surface area (Å²) in [6.07, 6.45) is 1.76. The molecule has 0 radical (unpaired) electrons. The molecule has 0 saturated carbocycles. The van der Waals surface area contributed by atoms with Crippen LogP contribution < -0.4 is 19.0 Å². The molecule has 0 fully saturated rings. The first kappa shape index (κ1) is 28.0. The van der Waals surface area contributed by atoms with Gasteiger partial charge in [0.2, 0.25) is 5.95 Å². The molecule has 5 rings (SSSR count). The highest BCUT2D eigenvalue weighted by Gasteiger charge is 2.48. The fourth-order valence-corrected chi connectivity index (χ4v) is 4.67. The highest BCUT2D eigenvalue weighted by molar-refractivity contribution is 7.88. The lowest BCUT2D eigenvalue weighted by Crippen LogP contribution is -2.28. The maximum absolute atomic E-state index is 14.8. The van der Waals surface area contributed by atoms with E-state index in [9.17, 15) is 26.0 Å². The van der Waals surface area contributed by atoms with E-state index in [1.54, 1.807) is 42.0 Å². The van der Waals surface area contributed by atoms with Crippen molar-refractivity contribution in [3.8, 4) is 17.2 Å². The molecule has 0 aliphatic rings. The van der Waals surface area contributed by atoms with E-state index in [0.29, 0.717) is 33.8 Å². The average molecular weight is 591 g/mol. The fraction of sp³-hybridized carbons (Fsp3) is 0.185. The number of ether oxygens (including phenoxy) is 2. The third kappa shape index (κ3) is 5.68. The largest absolute Gasteiger partial charge is 0.534 e. The van der Waals surface area contributed by atoms with Crippen LogP contribution in [0.4, 0.5) is 23.5 Å². The number of hydrogen-bond acceptors (Lipinski definition) is 8. The van der Waals surface area contributed by atoms with Crippen molar-refractivity contribution in [2.75, 3.05) is 19.5 Å². The van der Waals surface area contributed by atoms with Gasteiger partial charge in [0.15, 0.2) is 0 Å². The lowest BCUT2D eigenvalue weighted by Gasteiger charge is -2.13. The molecule has 0 atom stereocenters. The maximum Gasteiger partial charge on any atom is 0.534 e. The molecule has 5 aromatic rings. The van der Waals surface area contributed by atoms with Crippen LogP contribution in [0.25, 0.3) is 16.6 Å². The minimum absolute atomic E-state index is 0.0918. The Hall–Kier alpha value is -4.59. The summed E-state index contributed by atoms with van der Waals surface area (Å²) < 4.78 is 92.4. The van der Waals surface area contributed by atoms with Crippen LogP contribution in [0, 0.1) is 5.82 Å². The van der Waals surface area contributed by atoms with Crippen molar-refractivity contribution in [3.63, 3.8) is 0 Å². The molecule has 214 valence electrons. The molecule has 0 unspecified atom stereocenters. The minimum atomic E-state index is -5.82. The summed E-state index contributed by atoms with van der Waals surface area (Å²) in [5, 5.41) is 3.63. The first-order valence-electron chi connectivity index (χ1n) is 12.0. The Balaban J connectivity index is 1.50.